The highest BCUT2D eigenvalue weighted by Crippen LogP contribution is 2.14. The molecular formula is C16H15FN4O3. The largest absolute Gasteiger partial charge is 0.870 e. The Labute approximate surface area is 136 Å². The summed E-state index contributed by atoms with van der Waals surface area (Å²) in [5, 5.41) is 5.60. The fourth-order valence-electron chi connectivity index (χ4n) is 2.23. The van der Waals surface area contributed by atoms with Gasteiger partial charge in [-0.3, -0.25) is 4.79 Å². The molecule has 0 saturated carbocycles. The number of para-hydroxylation sites is 2. The standard InChI is InChI=1S/C16H13FN4O2.H2O/c1-11(22)18-14-4-2-3-5-15(14)20-10-16(23)21(19-20)13-8-6-12(17)7-9-13;/h2-10H,1H3,(H-,18,19,22,23);1H2. The van der Waals surface area contributed by atoms with Crippen LogP contribution in [0, 0.1) is 5.82 Å². The van der Waals surface area contributed by atoms with Crippen LogP contribution in [0.4, 0.5) is 10.1 Å². The van der Waals surface area contributed by atoms with E-state index < -0.39 is 0 Å². The highest BCUT2D eigenvalue weighted by atomic mass is 19.1. The van der Waals surface area contributed by atoms with Gasteiger partial charge in [-0.15, -0.1) is 4.68 Å². The van der Waals surface area contributed by atoms with Crippen molar-refractivity contribution in [3.8, 4) is 11.4 Å². The van der Waals surface area contributed by atoms with Crippen molar-refractivity contribution in [2.24, 2.45) is 0 Å². The number of H-pyrrole nitrogens is 1. The molecule has 0 saturated heterocycles. The van der Waals surface area contributed by atoms with Crippen molar-refractivity contribution in [2.45, 2.75) is 6.92 Å². The molecule has 7 nitrogen and oxygen atoms in total. The predicted molar refractivity (Wildman–Crippen MR) is 84.1 cm³/mol. The Hall–Kier alpha value is -3.26. The van der Waals surface area contributed by atoms with E-state index in [1.54, 1.807) is 24.3 Å². The lowest BCUT2D eigenvalue weighted by Gasteiger charge is -2.05. The molecule has 124 valence electrons. The van der Waals surface area contributed by atoms with Crippen LogP contribution in [0.2, 0.25) is 0 Å². The molecule has 0 spiro atoms. The number of nitrogens with one attached hydrogen (secondary N) is 2. The van der Waals surface area contributed by atoms with E-state index in [1.807, 2.05) is 0 Å². The minimum atomic E-state index is -0.378. The number of rotatable bonds is 3. The van der Waals surface area contributed by atoms with E-state index >= 15 is 0 Å². The maximum atomic E-state index is 13.0. The zero-order valence-corrected chi connectivity index (χ0v) is 12.7. The molecule has 0 bridgehead atoms. The smallest absolute Gasteiger partial charge is 0.398 e. The number of carbonyl (C=O) groups is 1. The van der Waals surface area contributed by atoms with Gasteiger partial charge in [-0.25, -0.2) is 9.18 Å². The highest BCUT2D eigenvalue weighted by Gasteiger charge is 2.17. The first-order chi connectivity index (χ1) is 11.0. The summed E-state index contributed by atoms with van der Waals surface area (Å²) in [6.07, 6.45) is 1.35. The molecular weight excluding hydrogens is 315 g/mol. The summed E-state index contributed by atoms with van der Waals surface area (Å²) < 4.78 is 15.8. The highest BCUT2D eigenvalue weighted by molar-refractivity contribution is 5.90. The number of nitrogens with zero attached hydrogens (tertiary/aromatic N) is 2. The number of hydrogen-bond acceptors (Lipinski definition) is 3. The molecule has 2 aromatic carbocycles. The number of hydrogen-bond donors (Lipinski definition) is 2. The molecule has 24 heavy (non-hydrogen) atoms. The van der Waals surface area contributed by atoms with Crippen LogP contribution in [0.15, 0.2) is 59.5 Å². The Morgan fingerprint density at radius 2 is 1.83 bits per heavy atom. The third-order valence-electron chi connectivity index (χ3n) is 3.23. The van der Waals surface area contributed by atoms with Gasteiger partial charge in [-0.1, -0.05) is 22.0 Å². The zero-order valence-electron chi connectivity index (χ0n) is 12.7. The van der Waals surface area contributed by atoms with Crippen molar-refractivity contribution in [1.29, 1.82) is 0 Å². The molecule has 0 aliphatic rings. The molecule has 0 atom stereocenters. The molecule has 0 aliphatic carbocycles. The van der Waals surface area contributed by atoms with Crippen LogP contribution in [-0.4, -0.2) is 21.3 Å². The predicted octanol–water partition coefficient (Wildman–Crippen LogP) is 1.36. The topological polar surface area (TPSA) is 101 Å². The van der Waals surface area contributed by atoms with Gasteiger partial charge in [-0.05, 0) is 36.4 Å². The first kappa shape index (κ1) is 17.1. The van der Waals surface area contributed by atoms with Crippen LogP contribution in [0.25, 0.3) is 11.4 Å². The second-order valence-corrected chi connectivity index (χ2v) is 4.95. The Morgan fingerprint density at radius 3 is 2.50 bits per heavy atom. The van der Waals surface area contributed by atoms with Crippen molar-refractivity contribution in [1.82, 2.24) is 9.90 Å². The van der Waals surface area contributed by atoms with Gasteiger partial charge in [0.05, 0.1) is 5.69 Å². The van der Waals surface area contributed by atoms with Gasteiger partial charge in [0, 0.05) is 6.92 Å². The van der Waals surface area contributed by atoms with E-state index in [9.17, 15) is 14.0 Å². The van der Waals surface area contributed by atoms with E-state index in [4.69, 9.17) is 0 Å². The van der Waals surface area contributed by atoms with E-state index in [-0.39, 0.29) is 22.8 Å². The summed E-state index contributed by atoms with van der Waals surface area (Å²) in [6, 6.07) is 12.6. The first-order valence-corrected chi connectivity index (χ1v) is 6.91. The zero-order chi connectivity index (χ0) is 16.4. The molecule has 1 aromatic heterocycles. The van der Waals surface area contributed by atoms with Gasteiger partial charge >= 0.3 is 5.56 Å². The van der Waals surface area contributed by atoms with Gasteiger partial charge in [0.15, 0.2) is 11.4 Å². The number of amides is 1. The van der Waals surface area contributed by atoms with Gasteiger partial charge in [0.1, 0.15) is 5.82 Å². The number of anilines is 1. The summed E-state index contributed by atoms with van der Waals surface area (Å²) in [5.41, 5.74) is 1.37. The number of carbonyl (C=O) groups excluding carboxylic acids is 1. The fourth-order valence-corrected chi connectivity index (χ4v) is 2.23. The maximum Gasteiger partial charge on any atom is 0.398 e. The van der Waals surface area contributed by atoms with Crippen LogP contribution in [-0.2, 0) is 4.79 Å². The average Bonchev–Trinajstić information content (AvgIpc) is 2.90. The lowest BCUT2D eigenvalue weighted by molar-refractivity contribution is -0.660. The quantitative estimate of drug-likeness (QED) is 0.709. The second-order valence-electron chi connectivity index (χ2n) is 4.95. The van der Waals surface area contributed by atoms with Crippen molar-refractivity contribution in [3.05, 3.63) is 70.9 Å². The van der Waals surface area contributed by atoms with Gasteiger partial charge in [0.2, 0.25) is 12.1 Å². The van der Waals surface area contributed by atoms with Crippen molar-refractivity contribution in [2.75, 3.05) is 5.32 Å². The Morgan fingerprint density at radius 1 is 1.17 bits per heavy atom. The first-order valence-electron chi connectivity index (χ1n) is 6.91. The Bertz CT molecular complexity index is 916. The summed E-state index contributed by atoms with van der Waals surface area (Å²) in [5.74, 6) is -0.587. The van der Waals surface area contributed by atoms with Crippen LogP contribution in [0.5, 0.6) is 0 Å². The van der Waals surface area contributed by atoms with Crippen LogP contribution in [0.3, 0.4) is 0 Å². The Kier molecular flexibility index (Phi) is 4.90. The summed E-state index contributed by atoms with van der Waals surface area (Å²) in [7, 11) is 0. The molecule has 0 unspecified atom stereocenters. The lowest BCUT2D eigenvalue weighted by atomic mass is 10.2. The van der Waals surface area contributed by atoms with Crippen LogP contribution in [0.1, 0.15) is 6.92 Å². The van der Waals surface area contributed by atoms with E-state index in [0.717, 1.165) is 0 Å². The molecule has 1 amide bonds. The lowest BCUT2D eigenvalue weighted by Crippen LogP contribution is -2.34. The molecule has 0 radical (unpaired) electrons. The number of benzene rings is 2. The number of aromatic nitrogens is 3. The maximum absolute atomic E-state index is 13.0. The van der Waals surface area contributed by atoms with Gasteiger partial charge in [-0.2, -0.15) is 0 Å². The summed E-state index contributed by atoms with van der Waals surface area (Å²) in [4.78, 5) is 23.5. The number of aromatic amines is 1. The molecule has 3 N–H and O–H groups in total. The van der Waals surface area contributed by atoms with Crippen molar-refractivity contribution >= 4 is 11.6 Å². The monoisotopic (exact) mass is 330 g/mol. The third kappa shape index (κ3) is 3.39. The summed E-state index contributed by atoms with van der Waals surface area (Å²) >= 11 is 0. The molecule has 3 rings (SSSR count). The normalized spacial score (nSPS) is 10.1. The number of halogens is 1. The molecule has 3 aromatic rings. The summed E-state index contributed by atoms with van der Waals surface area (Å²) in [6.45, 7) is 1.41. The molecule has 0 aliphatic heterocycles. The van der Waals surface area contributed by atoms with Crippen LogP contribution < -0.4 is 15.6 Å². The van der Waals surface area contributed by atoms with Crippen LogP contribution >= 0.6 is 0 Å². The molecule has 1 heterocycles. The molecule has 0 fully saturated rings. The Balaban J connectivity index is 0.00000208. The second kappa shape index (κ2) is 6.88. The van der Waals surface area contributed by atoms with Crippen molar-refractivity contribution in [3.63, 3.8) is 0 Å². The fraction of sp³-hybridized carbons (Fsp3) is 0.0625. The van der Waals surface area contributed by atoms with E-state index in [2.05, 4.69) is 10.5 Å². The van der Waals surface area contributed by atoms with Crippen molar-refractivity contribution < 1.29 is 19.3 Å². The van der Waals surface area contributed by atoms with Gasteiger partial charge in [0.25, 0.3) is 0 Å². The van der Waals surface area contributed by atoms with Gasteiger partial charge < -0.3 is 10.8 Å². The average molecular weight is 330 g/mol. The third-order valence-corrected chi connectivity index (χ3v) is 3.23. The minimum absolute atomic E-state index is 0. The van der Waals surface area contributed by atoms with E-state index in [1.165, 1.54) is 46.7 Å². The molecule has 8 heteroatoms. The van der Waals surface area contributed by atoms with E-state index in [0.29, 0.717) is 17.1 Å². The minimum Gasteiger partial charge on any atom is -0.870 e. The SMILES string of the molecule is CC(=O)Nc1ccccc1-[n+]1cc(=O)n(-c2ccc(F)cc2)[nH]1.[OH-].